The Labute approximate surface area is 158 Å². The lowest BCUT2D eigenvalue weighted by atomic mass is 9.80. The van der Waals surface area contributed by atoms with Gasteiger partial charge in [0.05, 0.1) is 0 Å². The van der Waals surface area contributed by atoms with Gasteiger partial charge in [0.2, 0.25) is 5.91 Å². The van der Waals surface area contributed by atoms with E-state index in [-0.39, 0.29) is 36.4 Å². The van der Waals surface area contributed by atoms with Crippen molar-refractivity contribution in [1.82, 2.24) is 15.5 Å². The van der Waals surface area contributed by atoms with Gasteiger partial charge in [-0.25, -0.2) is 4.99 Å². The van der Waals surface area contributed by atoms with E-state index in [2.05, 4.69) is 29.5 Å². The number of nitrogens with zero attached hydrogens (tertiary/aromatic N) is 2. The lowest BCUT2D eigenvalue weighted by Gasteiger charge is -2.32. The first-order valence-electron chi connectivity index (χ1n) is 8.73. The third kappa shape index (κ3) is 7.27. The summed E-state index contributed by atoms with van der Waals surface area (Å²) in [5.74, 6) is 2.52. The van der Waals surface area contributed by atoms with E-state index >= 15 is 0 Å². The van der Waals surface area contributed by atoms with Gasteiger partial charge in [0.15, 0.2) is 5.96 Å². The predicted octanol–water partition coefficient (Wildman–Crippen LogP) is 2.61. The van der Waals surface area contributed by atoms with E-state index in [9.17, 15) is 4.79 Å². The predicted molar refractivity (Wildman–Crippen MR) is 106 cm³/mol. The third-order valence-corrected chi connectivity index (χ3v) is 4.84. The molecule has 0 radical (unpaired) electrons. The van der Waals surface area contributed by atoms with Crippen LogP contribution in [0.4, 0.5) is 0 Å². The summed E-state index contributed by atoms with van der Waals surface area (Å²) in [4.78, 5) is 17.8. The first kappa shape index (κ1) is 20.5. The highest BCUT2D eigenvalue weighted by molar-refractivity contribution is 14.0. The number of amides is 1. The molecular formula is C17H33IN4O. The third-order valence-electron chi connectivity index (χ3n) is 4.84. The van der Waals surface area contributed by atoms with Gasteiger partial charge in [0.1, 0.15) is 6.54 Å². The molecule has 0 bridgehead atoms. The number of carbonyl (C=O) groups excluding carboxylic acids is 1. The zero-order valence-electron chi connectivity index (χ0n) is 15.0. The van der Waals surface area contributed by atoms with E-state index in [1.807, 2.05) is 0 Å². The lowest BCUT2D eigenvalue weighted by molar-refractivity contribution is -0.127. The molecule has 0 aromatic carbocycles. The van der Waals surface area contributed by atoms with E-state index < -0.39 is 0 Å². The summed E-state index contributed by atoms with van der Waals surface area (Å²) in [6.07, 6.45) is 7.42. The van der Waals surface area contributed by atoms with Gasteiger partial charge >= 0.3 is 0 Å². The SMILES string of the molecule is CC(C)C1CCC(NC(=NCC(=O)N(C)C)NC2CC2)CC1.I. The molecule has 134 valence electrons. The van der Waals surface area contributed by atoms with E-state index in [0.717, 1.165) is 17.8 Å². The second-order valence-corrected chi connectivity index (χ2v) is 7.37. The molecule has 0 atom stereocenters. The number of aliphatic imine (C=N–C) groups is 1. The van der Waals surface area contributed by atoms with Crippen molar-refractivity contribution in [3.63, 3.8) is 0 Å². The first-order valence-corrected chi connectivity index (χ1v) is 8.73. The van der Waals surface area contributed by atoms with Gasteiger partial charge in [0.25, 0.3) is 0 Å². The Hall–Kier alpha value is -0.530. The number of likely N-dealkylation sites (N-methyl/N-ethyl adjacent to an activating group) is 1. The van der Waals surface area contributed by atoms with Crippen molar-refractivity contribution >= 4 is 35.8 Å². The molecule has 2 aliphatic carbocycles. The number of carbonyl (C=O) groups is 1. The van der Waals surface area contributed by atoms with Crippen molar-refractivity contribution in [2.24, 2.45) is 16.8 Å². The number of hydrogen-bond donors (Lipinski definition) is 2. The van der Waals surface area contributed by atoms with Gasteiger partial charge in [0, 0.05) is 26.2 Å². The molecule has 0 saturated heterocycles. The van der Waals surface area contributed by atoms with Crippen LogP contribution < -0.4 is 10.6 Å². The molecule has 2 fully saturated rings. The highest BCUT2D eigenvalue weighted by Crippen LogP contribution is 2.29. The molecule has 0 aliphatic heterocycles. The van der Waals surface area contributed by atoms with Crippen LogP contribution in [0, 0.1) is 11.8 Å². The first-order chi connectivity index (χ1) is 10.5. The zero-order valence-corrected chi connectivity index (χ0v) is 17.3. The topological polar surface area (TPSA) is 56.7 Å². The molecule has 2 rings (SSSR count). The fourth-order valence-corrected chi connectivity index (χ4v) is 2.97. The second kappa shape index (κ2) is 9.69. The molecule has 0 spiro atoms. The Morgan fingerprint density at radius 3 is 1.91 bits per heavy atom. The molecule has 6 heteroatoms. The lowest BCUT2D eigenvalue weighted by Crippen LogP contribution is -2.46. The van der Waals surface area contributed by atoms with Crippen molar-refractivity contribution in [2.45, 2.75) is 64.5 Å². The maximum atomic E-state index is 11.7. The van der Waals surface area contributed by atoms with Crippen LogP contribution in [0.15, 0.2) is 4.99 Å². The van der Waals surface area contributed by atoms with Crippen molar-refractivity contribution in [1.29, 1.82) is 0 Å². The molecule has 5 nitrogen and oxygen atoms in total. The summed E-state index contributed by atoms with van der Waals surface area (Å²) < 4.78 is 0. The molecule has 2 N–H and O–H groups in total. The molecule has 2 saturated carbocycles. The van der Waals surface area contributed by atoms with Crippen LogP contribution in [0.25, 0.3) is 0 Å². The van der Waals surface area contributed by atoms with Crippen LogP contribution in [0.5, 0.6) is 0 Å². The van der Waals surface area contributed by atoms with Crippen LogP contribution in [0.2, 0.25) is 0 Å². The number of guanidine groups is 1. The van der Waals surface area contributed by atoms with Gasteiger partial charge in [-0.1, -0.05) is 13.8 Å². The van der Waals surface area contributed by atoms with Crippen LogP contribution in [-0.4, -0.2) is 49.5 Å². The summed E-state index contributed by atoms with van der Waals surface area (Å²) in [6.45, 7) is 4.87. The summed E-state index contributed by atoms with van der Waals surface area (Å²) >= 11 is 0. The quantitative estimate of drug-likeness (QED) is 0.396. The van der Waals surface area contributed by atoms with Crippen molar-refractivity contribution < 1.29 is 4.79 Å². The smallest absolute Gasteiger partial charge is 0.243 e. The maximum Gasteiger partial charge on any atom is 0.243 e. The fourth-order valence-electron chi connectivity index (χ4n) is 2.97. The highest BCUT2D eigenvalue weighted by Gasteiger charge is 2.26. The second-order valence-electron chi connectivity index (χ2n) is 7.37. The molecule has 0 aromatic rings. The van der Waals surface area contributed by atoms with Crippen LogP contribution in [0.3, 0.4) is 0 Å². The zero-order chi connectivity index (χ0) is 16.1. The van der Waals surface area contributed by atoms with Crippen molar-refractivity contribution in [3.05, 3.63) is 0 Å². The molecule has 0 aromatic heterocycles. The van der Waals surface area contributed by atoms with Crippen LogP contribution in [0.1, 0.15) is 52.4 Å². The standard InChI is InChI=1S/C17H32N4O.HI/c1-12(2)13-5-7-14(8-6-13)19-17(20-15-9-10-15)18-11-16(22)21(3)4;/h12-15H,5-11H2,1-4H3,(H2,18,19,20);1H. The molecule has 1 amide bonds. The average molecular weight is 436 g/mol. The van der Waals surface area contributed by atoms with Gasteiger partial charge in [-0.15, -0.1) is 24.0 Å². The van der Waals surface area contributed by atoms with Crippen LogP contribution in [-0.2, 0) is 4.79 Å². The fraction of sp³-hybridized carbons (Fsp3) is 0.882. The molecular weight excluding hydrogens is 403 g/mol. The van der Waals surface area contributed by atoms with E-state index in [4.69, 9.17) is 0 Å². The number of rotatable bonds is 5. The molecule has 2 aliphatic rings. The summed E-state index contributed by atoms with van der Waals surface area (Å²) in [6, 6.07) is 1.04. The number of halogens is 1. The summed E-state index contributed by atoms with van der Waals surface area (Å²) in [5.41, 5.74) is 0. The van der Waals surface area contributed by atoms with Gasteiger partial charge in [-0.3, -0.25) is 4.79 Å². The average Bonchev–Trinajstić information content (AvgIpc) is 3.28. The van der Waals surface area contributed by atoms with E-state index in [1.54, 1.807) is 19.0 Å². The minimum Gasteiger partial charge on any atom is -0.354 e. The van der Waals surface area contributed by atoms with Gasteiger partial charge < -0.3 is 15.5 Å². The van der Waals surface area contributed by atoms with E-state index in [1.165, 1.54) is 38.5 Å². The van der Waals surface area contributed by atoms with Crippen molar-refractivity contribution in [2.75, 3.05) is 20.6 Å². The normalized spacial score (nSPS) is 24.8. The Morgan fingerprint density at radius 2 is 1.52 bits per heavy atom. The Bertz CT molecular complexity index is 399. The minimum atomic E-state index is 0. The van der Waals surface area contributed by atoms with E-state index in [0.29, 0.717) is 12.1 Å². The molecule has 0 heterocycles. The molecule has 23 heavy (non-hydrogen) atoms. The number of nitrogens with one attached hydrogen (secondary N) is 2. The Kier molecular flexibility index (Phi) is 8.64. The maximum absolute atomic E-state index is 11.7. The Morgan fingerprint density at radius 1 is 1.04 bits per heavy atom. The minimum absolute atomic E-state index is 0. The largest absolute Gasteiger partial charge is 0.354 e. The monoisotopic (exact) mass is 436 g/mol. The highest BCUT2D eigenvalue weighted by atomic mass is 127. The number of hydrogen-bond acceptors (Lipinski definition) is 2. The van der Waals surface area contributed by atoms with Crippen molar-refractivity contribution in [3.8, 4) is 0 Å². The summed E-state index contributed by atoms with van der Waals surface area (Å²) in [5, 5.41) is 6.98. The van der Waals surface area contributed by atoms with Gasteiger partial charge in [-0.05, 0) is 50.4 Å². The Balaban J connectivity index is 0.00000264. The van der Waals surface area contributed by atoms with Gasteiger partial charge in [-0.2, -0.15) is 0 Å². The summed E-state index contributed by atoms with van der Waals surface area (Å²) in [7, 11) is 3.54. The van der Waals surface area contributed by atoms with Crippen LogP contribution >= 0.6 is 24.0 Å². The molecule has 0 unspecified atom stereocenters.